The van der Waals surface area contributed by atoms with E-state index in [0.29, 0.717) is 11.3 Å². The van der Waals surface area contributed by atoms with Crippen LogP contribution < -0.4 is 5.73 Å². The molecule has 0 heterocycles. The number of ether oxygens (including phenoxy) is 1. The normalized spacial score (nSPS) is 9.07. The molecular weight excluding hydrogens is 202 g/mol. The SMILES string of the molecule is COC(=O)c1ccc(N)c(C)c1C.Cl. The van der Waals surface area contributed by atoms with Gasteiger partial charge in [-0.25, -0.2) is 4.79 Å². The van der Waals surface area contributed by atoms with E-state index in [1.165, 1.54) is 7.11 Å². The first kappa shape index (κ1) is 12.8. The number of benzene rings is 1. The van der Waals surface area contributed by atoms with Gasteiger partial charge in [-0.2, -0.15) is 0 Å². The quantitative estimate of drug-likeness (QED) is 0.577. The van der Waals surface area contributed by atoms with Gasteiger partial charge in [0.2, 0.25) is 0 Å². The van der Waals surface area contributed by atoms with Gasteiger partial charge in [0.25, 0.3) is 0 Å². The Morgan fingerprint density at radius 2 is 1.86 bits per heavy atom. The maximum atomic E-state index is 11.2. The maximum Gasteiger partial charge on any atom is 0.338 e. The van der Waals surface area contributed by atoms with Crippen LogP contribution in [-0.2, 0) is 4.74 Å². The first-order valence-electron chi connectivity index (χ1n) is 4.02. The molecule has 0 amide bonds. The molecule has 14 heavy (non-hydrogen) atoms. The van der Waals surface area contributed by atoms with Crippen molar-refractivity contribution in [3.63, 3.8) is 0 Å². The van der Waals surface area contributed by atoms with Crippen molar-refractivity contribution in [1.29, 1.82) is 0 Å². The van der Waals surface area contributed by atoms with Crippen LogP contribution in [0.15, 0.2) is 12.1 Å². The second-order valence-electron chi connectivity index (χ2n) is 2.94. The molecule has 0 saturated heterocycles. The van der Waals surface area contributed by atoms with Gasteiger partial charge < -0.3 is 10.5 Å². The predicted octanol–water partition coefficient (Wildman–Crippen LogP) is 2.09. The van der Waals surface area contributed by atoms with Gasteiger partial charge in [-0.05, 0) is 37.1 Å². The Balaban J connectivity index is 0.00000169. The van der Waals surface area contributed by atoms with Crippen molar-refractivity contribution < 1.29 is 9.53 Å². The smallest absolute Gasteiger partial charge is 0.338 e. The number of carbonyl (C=O) groups is 1. The average molecular weight is 216 g/mol. The fraction of sp³-hybridized carbons (Fsp3) is 0.300. The fourth-order valence-corrected chi connectivity index (χ4v) is 1.17. The average Bonchev–Trinajstić information content (AvgIpc) is 2.13. The summed E-state index contributed by atoms with van der Waals surface area (Å²) in [4.78, 5) is 11.2. The standard InChI is InChI=1S/C10H13NO2.ClH/c1-6-7(2)9(11)5-4-8(6)10(12)13-3;/h4-5H,11H2,1-3H3;1H. The number of methoxy groups -OCH3 is 1. The van der Waals surface area contributed by atoms with Crippen LogP contribution in [0.3, 0.4) is 0 Å². The molecule has 0 aromatic heterocycles. The molecule has 0 fully saturated rings. The third kappa shape index (κ3) is 2.17. The van der Waals surface area contributed by atoms with Crippen LogP contribution in [-0.4, -0.2) is 13.1 Å². The topological polar surface area (TPSA) is 52.3 Å². The molecule has 4 heteroatoms. The van der Waals surface area contributed by atoms with E-state index in [1.54, 1.807) is 12.1 Å². The minimum atomic E-state index is -0.319. The van der Waals surface area contributed by atoms with Crippen molar-refractivity contribution in [3.05, 3.63) is 28.8 Å². The molecule has 1 aromatic carbocycles. The van der Waals surface area contributed by atoms with Crippen molar-refractivity contribution in [1.82, 2.24) is 0 Å². The molecule has 78 valence electrons. The lowest BCUT2D eigenvalue weighted by atomic mass is 10.0. The Morgan fingerprint density at radius 3 is 2.36 bits per heavy atom. The molecule has 2 N–H and O–H groups in total. The van der Waals surface area contributed by atoms with Gasteiger partial charge in [0.15, 0.2) is 0 Å². The van der Waals surface area contributed by atoms with E-state index in [9.17, 15) is 4.79 Å². The van der Waals surface area contributed by atoms with Gasteiger partial charge in [0, 0.05) is 5.69 Å². The first-order chi connectivity index (χ1) is 6.07. The zero-order chi connectivity index (χ0) is 10.0. The highest BCUT2D eigenvalue weighted by Crippen LogP contribution is 2.19. The van der Waals surface area contributed by atoms with Gasteiger partial charge >= 0.3 is 5.97 Å². The van der Waals surface area contributed by atoms with Crippen LogP contribution in [0, 0.1) is 13.8 Å². The Kier molecular flexibility index (Phi) is 4.44. The van der Waals surface area contributed by atoms with Crippen LogP contribution in [0.2, 0.25) is 0 Å². The van der Waals surface area contributed by atoms with E-state index in [4.69, 9.17) is 5.73 Å². The Morgan fingerprint density at radius 1 is 1.29 bits per heavy atom. The molecule has 0 atom stereocenters. The molecule has 0 aliphatic carbocycles. The van der Waals surface area contributed by atoms with Gasteiger partial charge in [-0.3, -0.25) is 0 Å². The third-order valence-corrected chi connectivity index (χ3v) is 2.23. The second kappa shape index (κ2) is 4.86. The van der Waals surface area contributed by atoms with Crippen LogP contribution in [0.1, 0.15) is 21.5 Å². The molecule has 1 rings (SSSR count). The van der Waals surface area contributed by atoms with Crippen LogP contribution in [0.4, 0.5) is 5.69 Å². The fourth-order valence-electron chi connectivity index (χ4n) is 1.17. The molecular formula is C10H14ClNO2. The number of esters is 1. The molecule has 0 radical (unpaired) electrons. The van der Waals surface area contributed by atoms with E-state index in [0.717, 1.165) is 11.1 Å². The van der Waals surface area contributed by atoms with Crippen molar-refractivity contribution in [2.75, 3.05) is 12.8 Å². The van der Waals surface area contributed by atoms with E-state index >= 15 is 0 Å². The number of hydrogen-bond donors (Lipinski definition) is 1. The zero-order valence-electron chi connectivity index (χ0n) is 8.46. The van der Waals surface area contributed by atoms with Crippen LogP contribution in [0.25, 0.3) is 0 Å². The summed E-state index contributed by atoms with van der Waals surface area (Å²) in [5.74, 6) is -0.319. The highest BCUT2D eigenvalue weighted by atomic mass is 35.5. The molecule has 0 spiro atoms. The van der Waals surface area contributed by atoms with Crippen LogP contribution >= 0.6 is 12.4 Å². The Bertz CT molecular complexity index is 350. The summed E-state index contributed by atoms with van der Waals surface area (Å²) < 4.78 is 4.63. The summed E-state index contributed by atoms with van der Waals surface area (Å²) in [6, 6.07) is 3.40. The molecule has 0 unspecified atom stereocenters. The summed E-state index contributed by atoms with van der Waals surface area (Å²) in [5.41, 5.74) is 8.77. The number of carbonyl (C=O) groups excluding carboxylic acids is 1. The molecule has 1 aromatic rings. The summed E-state index contributed by atoms with van der Waals surface area (Å²) in [5, 5.41) is 0. The Hall–Kier alpha value is -1.22. The molecule has 0 bridgehead atoms. The third-order valence-electron chi connectivity index (χ3n) is 2.23. The van der Waals surface area contributed by atoms with E-state index < -0.39 is 0 Å². The number of nitrogens with two attached hydrogens (primary N) is 1. The lowest BCUT2D eigenvalue weighted by molar-refractivity contribution is 0.0600. The van der Waals surface area contributed by atoms with Crippen molar-refractivity contribution in [2.45, 2.75) is 13.8 Å². The van der Waals surface area contributed by atoms with Gasteiger partial charge in [-0.1, -0.05) is 0 Å². The summed E-state index contributed by atoms with van der Waals surface area (Å²) in [6.45, 7) is 3.75. The number of hydrogen-bond acceptors (Lipinski definition) is 3. The maximum absolute atomic E-state index is 11.2. The predicted molar refractivity (Wildman–Crippen MR) is 58.9 cm³/mol. The molecule has 0 aliphatic heterocycles. The van der Waals surface area contributed by atoms with Crippen molar-refractivity contribution >= 4 is 24.1 Å². The monoisotopic (exact) mass is 215 g/mol. The van der Waals surface area contributed by atoms with Crippen LogP contribution in [0.5, 0.6) is 0 Å². The largest absolute Gasteiger partial charge is 0.465 e. The number of anilines is 1. The lowest BCUT2D eigenvalue weighted by Crippen LogP contribution is -2.06. The number of halogens is 1. The second-order valence-corrected chi connectivity index (χ2v) is 2.94. The van der Waals surface area contributed by atoms with E-state index in [1.807, 2.05) is 13.8 Å². The molecule has 0 aliphatic rings. The van der Waals surface area contributed by atoms with Crippen molar-refractivity contribution in [2.24, 2.45) is 0 Å². The highest BCUT2D eigenvalue weighted by molar-refractivity contribution is 5.92. The molecule has 0 saturated carbocycles. The Labute approximate surface area is 89.7 Å². The lowest BCUT2D eigenvalue weighted by Gasteiger charge is -2.08. The van der Waals surface area contributed by atoms with Gasteiger partial charge in [0.1, 0.15) is 0 Å². The summed E-state index contributed by atoms with van der Waals surface area (Å²) >= 11 is 0. The highest BCUT2D eigenvalue weighted by Gasteiger charge is 2.11. The number of nitrogen functional groups attached to an aromatic ring is 1. The van der Waals surface area contributed by atoms with E-state index in [-0.39, 0.29) is 18.4 Å². The first-order valence-corrected chi connectivity index (χ1v) is 4.02. The minimum absolute atomic E-state index is 0. The zero-order valence-corrected chi connectivity index (χ0v) is 9.27. The summed E-state index contributed by atoms with van der Waals surface area (Å²) in [6.07, 6.45) is 0. The molecule has 3 nitrogen and oxygen atoms in total. The minimum Gasteiger partial charge on any atom is -0.465 e. The van der Waals surface area contributed by atoms with Gasteiger partial charge in [0.05, 0.1) is 12.7 Å². The number of rotatable bonds is 1. The van der Waals surface area contributed by atoms with Gasteiger partial charge in [-0.15, -0.1) is 12.4 Å². The van der Waals surface area contributed by atoms with Crippen molar-refractivity contribution in [3.8, 4) is 0 Å². The summed E-state index contributed by atoms with van der Waals surface area (Å²) in [7, 11) is 1.37. The van der Waals surface area contributed by atoms with E-state index in [2.05, 4.69) is 4.74 Å².